The molecule has 1 N–H and O–H groups in total. The average molecular weight is 524 g/mol. The Morgan fingerprint density at radius 1 is 0.744 bits per heavy atom. The summed E-state index contributed by atoms with van der Waals surface area (Å²) in [6.45, 7) is 0. The highest BCUT2D eigenvalue weighted by Gasteiger charge is 2.19. The van der Waals surface area contributed by atoms with Crippen LogP contribution in [0.1, 0.15) is 2.74 Å². The van der Waals surface area contributed by atoms with Crippen molar-refractivity contribution in [1.82, 2.24) is 14.5 Å². The van der Waals surface area contributed by atoms with Crippen LogP contribution in [-0.4, -0.2) is 19.6 Å². The first-order valence-electron chi connectivity index (χ1n) is 13.6. The zero-order valence-electron chi connectivity index (χ0n) is 22.7. The van der Waals surface area contributed by atoms with Crippen molar-refractivity contribution in [2.45, 2.75) is 0 Å². The van der Waals surface area contributed by atoms with Gasteiger partial charge in [-0.1, -0.05) is 66.7 Å². The molecule has 0 atom stereocenters. The lowest BCUT2D eigenvalue weighted by atomic mass is 9.99. The smallest absolute Gasteiger partial charge is 0.149 e. The average Bonchev–Trinajstić information content (AvgIpc) is 3.66. The van der Waals surface area contributed by atoms with Gasteiger partial charge in [0.2, 0.25) is 0 Å². The van der Waals surface area contributed by atoms with E-state index in [1.165, 1.54) is 17.5 Å². The van der Waals surface area contributed by atoms with E-state index in [1.54, 1.807) is 12.1 Å². The van der Waals surface area contributed by atoms with Crippen molar-refractivity contribution >= 4 is 22.4 Å². The maximum Gasteiger partial charge on any atom is 0.149 e. The standard InChI is InChI=1S/C34H23N3OS/c38-31-16-5-4-13-28(31)34-36-33-27(14-7-15-30(33)37(34)26-11-2-1-3-12-26)23-9-6-10-24(21-23)29-22-25(18-19-35-29)32-17-8-20-39-32/h1-22,38H/i18D,22D. The predicted octanol–water partition coefficient (Wildman–Crippen LogP) is 8.86. The second-order valence-electron chi connectivity index (χ2n) is 9.11. The molecule has 186 valence electrons. The minimum atomic E-state index is 0.164. The summed E-state index contributed by atoms with van der Waals surface area (Å²) in [7, 11) is 0. The van der Waals surface area contributed by atoms with Crippen LogP contribution in [0.25, 0.3) is 60.9 Å². The fourth-order valence-electron chi connectivity index (χ4n) is 4.90. The molecule has 0 saturated carbocycles. The maximum absolute atomic E-state index is 10.8. The van der Waals surface area contributed by atoms with Gasteiger partial charge in [0.1, 0.15) is 11.6 Å². The molecule has 3 aromatic heterocycles. The Kier molecular flexibility index (Phi) is 5.22. The van der Waals surface area contributed by atoms with Crippen molar-refractivity contribution in [3.63, 3.8) is 0 Å². The van der Waals surface area contributed by atoms with Gasteiger partial charge in [-0.05, 0) is 71.1 Å². The third kappa shape index (κ3) is 4.19. The molecule has 0 spiro atoms. The van der Waals surface area contributed by atoms with E-state index >= 15 is 0 Å². The zero-order chi connectivity index (χ0) is 27.9. The van der Waals surface area contributed by atoms with Gasteiger partial charge >= 0.3 is 0 Å². The van der Waals surface area contributed by atoms with Crippen LogP contribution in [0.5, 0.6) is 5.75 Å². The summed E-state index contributed by atoms with van der Waals surface area (Å²) in [6.07, 6.45) is 1.52. The predicted molar refractivity (Wildman–Crippen MR) is 160 cm³/mol. The highest BCUT2D eigenvalue weighted by atomic mass is 32.1. The van der Waals surface area contributed by atoms with Crippen molar-refractivity contribution in [2.75, 3.05) is 0 Å². The number of pyridine rings is 1. The fraction of sp³-hybridized carbons (Fsp3) is 0. The highest BCUT2D eigenvalue weighted by Crippen LogP contribution is 2.38. The van der Waals surface area contributed by atoms with E-state index in [-0.39, 0.29) is 17.8 Å². The van der Waals surface area contributed by atoms with Crippen LogP contribution in [0.15, 0.2) is 133 Å². The molecule has 7 aromatic rings. The summed E-state index contributed by atoms with van der Waals surface area (Å²) < 4.78 is 19.4. The number of aromatic nitrogens is 3. The molecule has 0 aliphatic carbocycles. The van der Waals surface area contributed by atoms with E-state index in [4.69, 9.17) is 7.73 Å². The molecule has 0 fully saturated rings. The number of rotatable bonds is 5. The first-order valence-corrected chi connectivity index (χ1v) is 13.4. The lowest BCUT2D eigenvalue weighted by Gasteiger charge is -2.11. The number of imidazole rings is 1. The third-order valence-corrected chi connectivity index (χ3v) is 7.59. The van der Waals surface area contributed by atoms with Gasteiger partial charge in [0.05, 0.1) is 25.0 Å². The van der Waals surface area contributed by atoms with Crippen LogP contribution in [0.4, 0.5) is 0 Å². The van der Waals surface area contributed by atoms with Gasteiger partial charge in [-0.25, -0.2) is 4.98 Å². The largest absolute Gasteiger partial charge is 0.507 e. The molecule has 0 radical (unpaired) electrons. The van der Waals surface area contributed by atoms with Gasteiger partial charge in [0.25, 0.3) is 0 Å². The molecule has 5 heteroatoms. The fourth-order valence-corrected chi connectivity index (χ4v) is 5.59. The van der Waals surface area contributed by atoms with Crippen LogP contribution in [0.3, 0.4) is 0 Å². The van der Waals surface area contributed by atoms with Gasteiger partial charge in [0.15, 0.2) is 0 Å². The Morgan fingerprint density at radius 3 is 2.38 bits per heavy atom. The molecule has 0 saturated heterocycles. The summed E-state index contributed by atoms with van der Waals surface area (Å²) >= 11 is 1.51. The minimum Gasteiger partial charge on any atom is -0.507 e. The Hall–Kier alpha value is -5.00. The highest BCUT2D eigenvalue weighted by molar-refractivity contribution is 7.13. The molecule has 4 aromatic carbocycles. The number of benzene rings is 4. The van der Waals surface area contributed by atoms with Crippen LogP contribution in [0.2, 0.25) is 0 Å². The van der Waals surface area contributed by atoms with E-state index in [0.29, 0.717) is 22.6 Å². The second-order valence-corrected chi connectivity index (χ2v) is 10.1. The number of phenols is 1. The minimum absolute atomic E-state index is 0.164. The quantitative estimate of drug-likeness (QED) is 0.245. The second kappa shape index (κ2) is 9.71. The summed E-state index contributed by atoms with van der Waals surface area (Å²) in [5.74, 6) is 0.812. The van der Waals surface area contributed by atoms with Crippen LogP contribution < -0.4 is 0 Å². The SMILES string of the molecule is [2H]c1cnc(-c2cccc(-c3cccc4c3nc(-c3ccccc3O)n4-c3ccccc3)c2)c([2H])c1-c1cccs1. The van der Waals surface area contributed by atoms with Gasteiger partial charge in [-0.2, -0.15) is 0 Å². The number of aromatic hydroxyl groups is 1. The lowest BCUT2D eigenvalue weighted by Crippen LogP contribution is -1.97. The number of hydrogen-bond donors (Lipinski definition) is 1. The van der Waals surface area contributed by atoms with Gasteiger partial charge in [-0.15, -0.1) is 11.3 Å². The summed E-state index contributed by atoms with van der Waals surface area (Å²) in [5.41, 5.74) is 7.08. The molecule has 3 heterocycles. The summed E-state index contributed by atoms with van der Waals surface area (Å²) in [5, 5.41) is 12.7. The number of phenolic OH excluding ortho intramolecular Hbond substituents is 1. The maximum atomic E-state index is 10.8. The van der Waals surface area contributed by atoms with Crippen LogP contribution in [0, 0.1) is 0 Å². The van der Waals surface area contributed by atoms with Crippen LogP contribution >= 0.6 is 11.3 Å². The van der Waals surface area contributed by atoms with E-state index in [2.05, 4.69) is 9.55 Å². The number of nitrogens with zero attached hydrogens (tertiary/aromatic N) is 3. The monoisotopic (exact) mass is 523 g/mol. The van der Waals surface area contributed by atoms with Gasteiger partial charge < -0.3 is 5.11 Å². The number of hydrogen-bond acceptors (Lipinski definition) is 4. The molecule has 0 aliphatic heterocycles. The first kappa shape index (κ1) is 21.0. The number of fused-ring (bicyclic) bond motifs is 1. The number of para-hydroxylation sites is 3. The summed E-state index contributed by atoms with van der Waals surface area (Å²) in [4.78, 5) is 10.5. The first-order chi connectivity index (χ1) is 20.1. The molecular formula is C34H23N3OS. The van der Waals surface area contributed by atoms with Crippen LogP contribution in [-0.2, 0) is 0 Å². The Morgan fingerprint density at radius 2 is 1.54 bits per heavy atom. The number of thiophene rings is 1. The molecule has 0 aliphatic rings. The van der Waals surface area contributed by atoms with E-state index in [1.807, 2.05) is 102 Å². The van der Waals surface area contributed by atoms with E-state index < -0.39 is 0 Å². The van der Waals surface area contributed by atoms with Crippen molar-refractivity contribution in [3.8, 4) is 55.6 Å². The van der Waals surface area contributed by atoms with Gasteiger partial charge in [0, 0.05) is 27.9 Å². The van der Waals surface area contributed by atoms with Crippen molar-refractivity contribution in [2.24, 2.45) is 0 Å². The topological polar surface area (TPSA) is 50.9 Å². The van der Waals surface area contributed by atoms with Crippen molar-refractivity contribution < 1.29 is 7.85 Å². The molecule has 0 unspecified atom stereocenters. The molecule has 0 bridgehead atoms. The van der Waals surface area contributed by atoms with Gasteiger partial charge in [-0.3, -0.25) is 9.55 Å². The van der Waals surface area contributed by atoms with E-state index in [9.17, 15) is 5.11 Å². The Bertz CT molecular complexity index is 2040. The molecular weight excluding hydrogens is 498 g/mol. The Balaban J connectivity index is 1.43. The molecule has 0 amide bonds. The van der Waals surface area contributed by atoms with Crippen molar-refractivity contribution in [1.29, 1.82) is 0 Å². The summed E-state index contributed by atoms with van der Waals surface area (Å²) in [6, 6.07) is 35.6. The third-order valence-electron chi connectivity index (χ3n) is 6.71. The molecule has 7 rings (SSSR count). The van der Waals surface area contributed by atoms with Crippen molar-refractivity contribution in [3.05, 3.63) is 133 Å². The Labute approximate surface area is 233 Å². The molecule has 4 nitrogen and oxygen atoms in total. The normalized spacial score (nSPS) is 11.9. The van der Waals surface area contributed by atoms with E-state index in [0.717, 1.165) is 38.3 Å². The lowest BCUT2D eigenvalue weighted by molar-refractivity contribution is 0.477. The zero-order valence-corrected chi connectivity index (χ0v) is 21.6. The molecule has 39 heavy (non-hydrogen) atoms.